The topological polar surface area (TPSA) is 68.1 Å². The summed E-state index contributed by atoms with van der Waals surface area (Å²) in [6.45, 7) is 7.62. The van der Waals surface area contributed by atoms with Crippen LogP contribution in [0.2, 0.25) is 0 Å². The largest absolute Gasteiger partial charge is 0.323 e. The van der Waals surface area contributed by atoms with Gasteiger partial charge >= 0.3 is 6.03 Å². The SMILES string of the molecule is C/C=C\C=CC/C=C(\C)n1c(=O)c(NC(=O)Nc2ccc(C)cc2)c(C)n1C. The van der Waals surface area contributed by atoms with Crippen LogP contribution in [0.25, 0.3) is 5.70 Å². The summed E-state index contributed by atoms with van der Waals surface area (Å²) in [6, 6.07) is 7.01. The molecule has 6 nitrogen and oxygen atoms in total. The Hall–Kier alpha value is -3.28. The van der Waals surface area contributed by atoms with E-state index in [9.17, 15) is 9.59 Å². The molecule has 0 unspecified atom stereocenters. The summed E-state index contributed by atoms with van der Waals surface area (Å²) < 4.78 is 3.30. The number of nitrogens with zero attached hydrogens (tertiary/aromatic N) is 2. The summed E-state index contributed by atoms with van der Waals surface area (Å²) in [5.41, 5.74) is 3.26. The third-order valence-corrected chi connectivity index (χ3v) is 4.42. The first-order chi connectivity index (χ1) is 13.3. The molecule has 0 atom stereocenters. The van der Waals surface area contributed by atoms with Crippen LogP contribution >= 0.6 is 0 Å². The Bertz CT molecular complexity index is 973. The molecule has 2 aromatic rings. The number of carbonyl (C=O) groups is 1. The van der Waals surface area contributed by atoms with Gasteiger partial charge in [0.05, 0.1) is 5.69 Å². The van der Waals surface area contributed by atoms with Crippen molar-refractivity contribution in [3.8, 4) is 0 Å². The molecule has 28 heavy (non-hydrogen) atoms. The predicted molar refractivity (Wildman–Crippen MR) is 117 cm³/mol. The molecule has 2 N–H and O–H groups in total. The molecule has 0 saturated heterocycles. The van der Waals surface area contributed by atoms with Gasteiger partial charge in [-0.05, 0) is 46.2 Å². The minimum Gasteiger partial charge on any atom is -0.308 e. The zero-order valence-electron chi connectivity index (χ0n) is 17.1. The number of allylic oxidation sites excluding steroid dienone is 6. The molecule has 0 spiro atoms. The molecule has 0 fully saturated rings. The van der Waals surface area contributed by atoms with E-state index in [4.69, 9.17) is 0 Å². The smallest absolute Gasteiger partial charge is 0.308 e. The summed E-state index contributed by atoms with van der Waals surface area (Å²) in [5, 5.41) is 5.43. The maximum Gasteiger partial charge on any atom is 0.323 e. The third kappa shape index (κ3) is 5.13. The van der Waals surface area contributed by atoms with E-state index in [-0.39, 0.29) is 11.2 Å². The van der Waals surface area contributed by atoms with Crippen LogP contribution in [-0.4, -0.2) is 15.4 Å². The Morgan fingerprint density at radius 2 is 1.79 bits per heavy atom. The van der Waals surface area contributed by atoms with Gasteiger partial charge in [0.1, 0.15) is 5.69 Å². The Kier molecular flexibility index (Phi) is 7.21. The first-order valence-electron chi connectivity index (χ1n) is 9.23. The zero-order valence-corrected chi connectivity index (χ0v) is 17.1. The summed E-state index contributed by atoms with van der Waals surface area (Å²) in [5.74, 6) is 0. The molecule has 1 aromatic heterocycles. The van der Waals surface area contributed by atoms with E-state index in [1.165, 1.54) is 0 Å². The Balaban J connectivity index is 2.19. The molecule has 1 aromatic carbocycles. The molecule has 0 saturated carbocycles. The van der Waals surface area contributed by atoms with Gasteiger partial charge < -0.3 is 10.6 Å². The van der Waals surface area contributed by atoms with Gasteiger partial charge in [-0.1, -0.05) is 48.1 Å². The van der Waals surface area contributed by atoms with Gasteiger partial charge in [0.25, 0.3) is 5.56 Å². The van der Waals surface area contributed by atoms with Crippen molar-refractivity contribution in [3.63, 3.8) is 0 Å². The molecule has 6 heteroatoms. The number of urea groups is 1. The van der Waals surface area contributed by atoms with Gasteiger partial charge in [-0.25, -0.2) is 9.48 Å². The van der Waals surface area contributed by atoms with E-state index >= 15 is 0 Å². The van der Waals surface area contributed by atoms with Crippen LogP contribution in [0.1, 0.15) is 31.5 Å². The van der Waals surface area contributed by atoms with Gasteiger partial charge in [-0.2, -0.15) is 0 Å². The molecule has 148 valence electrons. The quantitative estimate of drug-likeness (QED) is 0.705. The summed E-state index contributed by atoms with van der Waals surface area (Å²) >= 11 is 0. The van der Waals surface area contributed by atoms with E-state index in [1.54, 1.807) is 23.3 Å². The first kappa shape index (κ1) is 21.0. The van der Waals surface area contributed by atoms with Crippen molar-refractivity contribution in [3.05, 3.63) is 76.3 Å². The number of hydrogen-bond donors (Lipinski definition) is 2. The molecule has 1 heterocycles. The van der Waals surface area contributed by atoms with Crippen LogP contribution in [0.3, 0.4) is 0 Å². The lowest BCUT2D eigenvalue weighted by molar-refractivity contribution is 0.262. The highest BCUT2D eigenvalue weighted by Crippen LogP contribution is 2.15. The fourth-order valence-corrected chi connectivity index (χ4v) is 2.76. The summed E-state index contributed by atoms with van der Waals surface area (Å²) in [4.78, 5) is 25.2. The van der Waals surface area contributed by atoms with Gasteiger partial charge in [0.2, 0.25) is 0 Å². The number of benzene rings is 1. The third-order valence-electron chi connectivity index (χ3n) is 4.42. The number of aryl methyl sites for hydroxylation is 1. The Morgan fingerprint density at radius 1 is 1.11 bits per heavy atom. The fraction of sp³-hybridized carbons (Fsp3) is 0.273. The number of nitrogens with one attached hydrogen (secondary N) is 2. The highest BCUT2D eigenvalue weighted by Gasteiger charge is 2.17. The lowest BCUT2D eigenvalue weighted by atomic mass is 10.2. The maximum atomic E-state index is 12.8. The number of aromatic nitrogens is 2. The molecule has 2 amide bonds. The molecule has 0 aliphatic carbocycles. The highest BCUT2D eigenvalue weighted by atomic mass is 16.2. The van der Waals surface area contributed by atoms with E-state index in [0.717, 1.165) is 11.3 Å². The van der Waals surface area contributed by atoms with Crippen molar-refractivity contribution in [2.75, 3.05) is 10.6 Å². The zero-order chi connectivity index (χ0) is 20.7. The number of anilines is 2. The van der Waals surface area contributed by atoms with Crippen molar-refractivity contribution in [1.29, 1.82) is 0 Å². The fourth-order valence-electron chi connectivity index (χ4n) is 2.76. The lowest BCUT2D eigenvalue weighted by Gasteiger charge is -2.08. The van der Waals surface area contributed by atoms with Crippen molar-refractivity contribution < 1.29 is 4.79 Å². The molecular formula is C22H28N4O2. The molecule has 0 radical (unpaired) electrons. The lowest BCUT2D eigenvalue weighted by Crippen LogP contribution is -2.25. The minimum atomic E-state index is -0.447. The number of rotatable bonds is 6. The van der Waals surface area contributed by atoms with Crippen molar-refractivity contribution >= 4 is 23.1 Å². The first-order valence-corrected chi connectivity index (χ1v) is 9.23. The van der Waals surface area contributed by atoms with Crippen LogP contribution in [0.5, 0.6) is 0 Å². The minimum absolute atomic E-state index is 0.259. The second-order valence-corrected chi connectivity index (χ2v) is 6.58. The van der Waals surface area contributed by atoms with Crippen LogP contribution in [-0.2, 0) is 7.05 Å². The van der Waals surface area contributed by atoms with Crippen molar-refractivity contribution in [1.82, 2.24) is 9.36 Å². The average Bonchev–Trinajstić information content (AvgIpc) is 2.86. The van der Waals surface area contributed by atoms with Crippen molar-refractivity contribution in [2.24, 2.45) is 7.05 Å². The standard InChI is InChI=1S/C22H28N4O2/c1-6-7-8-9-10-11-17(3)26-21(27)20(18(4)25(26)5)24-22(28)23-19-14-12-16(2)13-15-19/h6-9,11-15H,10H2,1-5H3,(H2,23,24,28)/b7-6-,9-8?,17-11+. The second-order valence-electron chi connectivity index (χ2n) is 6.58. The van der Waals surface area contributed by atoms with E-state index < -0.39 is 6.03 Å². The van der Waals surface area contributed by atoms with Gasteiger partial charge in [-0.3, -0.25) is 9.48 Å². The monoisotopic (exact) mass is 380 g/mol. The van der Waals surface area contributed by atoms with Crippen LogP contribution in [0.4, 0.5) is 16.2 Å². The van der Waals surface area contributed by atoms with Crippen LogP contribution in [0, 0.1) is 13.8 Å². The van der Waals surface area contributed by atoms with Gasteiger partial charge in [-0.15, -0.1) is 0 Å². The Morgan fingerprint density at radius 3 is 2.43 bits per heavy atom. The highest BCUT2D eigenvalue weighted by molar-refractivity contribution is 6.00. The Labute approximate surface area is 165 Å². The van der Waals surface area contributed by atoms with E-state index in [2.05, 4.69) is 10.6 Å². The van der Waals surface area contributed by atoms with E-state index in [1.807, 2.05) is 75.4 Å². The number of amides is 2. The molecule has 0 bridgehead atoms. The number of hydrogen-bond acceptors (Lipinski definition) is 2. The predicted octanol–water partition coefficient (Wildman–Crippen LogP) is 4.83. The van der Waals surface area contributed by atoms with Crippen LogP contribution in [0.15, 0.2) is 59.4 Å². The summed E-state index contributed by atoms with van der Waals surface area (Å²) in [6.07, 6.45) is 10.6. The molecule has 0 aliphatic rings. The van der Waals surface area contributed by atoms with Crippen LogP contribution < -0.4 is 16.2 Å². The van der Waals surface area contributed by atoms with Gasteiger partial charge in [0, 0.05) is 18.4 Å². The molecule has 2 rings (SSSR count). The maximum absolute atomic E-state index is 12.8. The average molecular weight is 380 g/mol. The van der Waals surface area contributed by atoms with Crippen molar-refractivity contribution in [2.45, 2.75) is 34.1 Å². The molecular weight excluding hydrogens is 352 g/mol. The normalized spacial score (nSPS) is 12.1. The van der Waals surface area contributed by atoms with E-state index in [0.29, 0.717) is 17.8 Å². The second kappa shape index (κ2) is 9.60. The molecule has 0 aliphatic heterocycles. The number of carbonyl (C=O) groups excluding carboxylic acids is 1. The van der Waals surface area contributed by atoms with Gasteiger partial charge in [0.15, 0.2) is 0 Å². The summed E-state index contributed by atoms with van der Waals surface area (Å²) in [7, 11) is 1.80.